The number of rotatable bonds is 7. The molecule has 21 heavy (non-hydrogen) atoms. The van der Waals surface area contributed by atoms with E-state index >= 15 is 0 Å². The molecule has 1 amide bonds. The predicted octanol–water partition coefficient (Wildman–Crippen LogP) is 1.73. The van der Waals surface area contributed by atoms with E-state index in [1.807, 2.05) is 30.3 Å². The number of furan rings is 1. The van der Waals surface area contributed by atoms with Crippen LogP contribution in [0.1, 0.15) is 28.1 Å². The van der Waals surface area contributed by atoms with E-state index in [1.54, 1.807) is 11.0 Å². The van der Waals surface area contributed by atoms with Gasteiger partial charge in [-0.05, 0) is 24.6 Å². The number of hydrogen-bond acceptors (Lipinski definition) is 4. The quantitative estimate of drug-likeness (QED) is 0.812. The summed E-state index contributed by atoms with van der Waals surface area (Å²) < 4.78 is 5.24. The molecule has 0 saturated heterocycles. The first-order chi connectivity index (χ1) is 10.2. The number of hydrogen-bond donors (Lipinski definition) is 2. The molecule has 112 valence electrons. The molecule has 0 saturated carbocycles. The van der Waals surface area contributed by atoms with E-state index in [2.05, 4.69) is 0 Å². The number of carbonyl (C=O) groups is 1. The number of carbonyl (C=O) groups excluding carboxylic acids is 1. The van der Waals surface area contributed by atoms with Gasteiger partial charge in [0.15, 0.2) is 0 Å². The first-order valence-corrected chi connectivity index (χ1v) is 7.05. The minimum absolute atomic E-state index is 0.0595. The van der Waals surface area contributed by atoms with Crippen molar-refractivity contribution in [3.05, 3.63) is 59.5 Å². The fraction of sp³-hybridized carbons (Fsp3) is 0.312. The molecule has 1 aromatic heterocycles. The van der Waals surface area contributed by atoms with Gasteiger partial charge in [0.25, 0.3) is 5.91 Å². The van der Waals surface area contributed by atoms with E-state index in [0.29, 0.717) is 31.0 Å². The lowest BCUT2D eigenvalue weighted by Crippen LogP contribution is -2.32. The smallest absolute Gasteiger partial charge is 0.257 e. The highest BCUT2D eigenvalue weighted by Crippen LogP contribution is 2.13. The molecule has 1 aromatic carbocycles. The van der Waals surface area contributed by atoms with Gasteiger partial charge in [-0.2, -0.15) is 0 Å². The summed E-state index contributed by atoms with van der Waals surface area (Å²) in [6, 6.07) is 11.6. The number of nitrogens with zero attached hydrogens (tertiary/aromatic N) is 1. The Hall–Kier alpha value is -2.11. The van der Waals surface area contributed by atoms with Crippen LogP contribution in [-0.4, -0.2) is 23.9 Å². The zero-order valence-electron chi connectivity index (χ0n) is 12.0. The normalized spacial score (nSPS) is 10.6. The molecule has 0 atom stereocenters. The lowest BCUT2D eigenvalue weighted by atomic mass is 10.2. The van der Waals surface area contributed by atoms with E-state index in [0.717, 1.165) is 12.0 Å². The predicted molar refractivity (Wildman–Crippen MR) is 81.5 cm³/mol. The third kappa shape index (κ3) is 4.18. The van der Waals surface area contributed by atoms with Crippen LogP contribution in [0.4, 0.5) is 0 Å². The van der Waals surface area contributed by atoms with Gasteiger partial charge in [0, 0.05) is 13.1 Å². The van der Waals surface area contributed by atoms with Crippen molar-refractivity contribution in [3.63, 3.8) is 0 Å². The summed E-state index contributed by atoms with van der Waals surface area (Å²) in [6.45, 7) is 2.02. The highest BCUT2D eigenvalue weighted by atomic mass is 16.3. The topological polar surface area (TPSA) is 85.5 Å². The summed E-state index contributed by atoms with van der Waals surface area (Å²) in [5.74, 6) is 0.549. The Bertz CT molecular complexity index is 566. The summed E-state index contributed by atoms with van der Waals surface area (Å²) in [7, 11) is 0. The van der Waals surface area contributed by atoms with Gasteiger partial charge in [0.1, 0.15) is 12.0 Å². The van der Waals surface area contributed by atoms with Gasteiger partial charge in [0.2, 0.25) is 0 Å². The Kier molecular flexibility index (Phi) is 5.54. The molecule has 0 fully saturated rings. The van der Waals surface area contributed by atoms with Gasteiger partial charge in [-0.15, -0.1) is 0 Å². The lowest BCUT2D eigenvalue weighted by molar-refractivity contribution is 0.0741. The van der Waals surface area contributed by atoms with Crippen LogP contribution >= 0.6 is 0 Å². The van der Waals surface area contributed by atoms with Crippen molar-refractivity contribution >= 4 is 5.91 Å². The van der Waals surface area contributed by atoms with Gasteiger partial charge >= 0.3 is 0 Å². The third-order valence-corrected chi connectivity index (χ3v) is 3.24. The summed E-state index contributed by atoms with van der Waals surface area (Å²) in [5, 5.41) is 0. The van der Waals surface area contributed by atoms with Crippen LogP contribution in [0.3, 0.4) is 0 Å². The fourth-order valence-electron chi connectivity index (χ4n) is 2.12. The van der Waals surface area contributed by atoms with Gasteiger partial charge in [-0.1, -0.05) is 30.3 Å². The maximum Gasteiger partial charge on any atom is 0.257 e. The first kappa shape index (κ1) is 15.3. The van der Waals surface area contributed by atoms with Crippen LogP contribution in [0.2, 0.25) is 0 Å². The largest absolute Gasteiger partial charge is 0.467 e. The maximum atomic E-state index is 12.6. The standard InChI is InChI=1S/C16H21N3O2/c17-7-4-8-19(11-13-5-2-1-3-6-13)16(20)14-9-15(10-18)21-12-14/h1-3,5-6,9,12H,4,7-8,10-11,17-18H2. The molecule has 0 unspecified atom stereocenters. The average molecular weight is 287 g/mol. The zero-order valence-corrected chi connectivity index (χ0v) is 12.0. The van der Waals surface area contributed by atoms with Crippen molar-refractivity contribution in [1.82, 2.24) is 4.90 Å². The van der Waals surface area contributed by atoms with Crippen molar-refractivity contribution in [2.45, 2.75) is 19.5 Å². The van der Waals surface area contributed by atoms with Crippen LogP contribution in [0, 0.1) is 0 Å². The van der Waals surface area contributed by atoms with Crippen molar-refractivity contribution in [2.24, 2.45) is 11.5 Å². The van der Waals surface area contributed by atoms with E-state index in [9.17, 15) is 4.79 Å². The number of benzene rings is 1. The van der Waals surface area contributed by atoms with Crippen LogP contribution < -0.4 is 11.5 Å². The molecule has 0 spiro atoms. The number of nitrogens with two attached hydrogens (primary N) is 2. The molecule has 2 aromatic rings. The van der Waals surface area contributed by atoms with Crippen molar-refractivity contribution in [1.29, 1.82) is 0 Å². The first-order valence-electron chi connectivity index (χ1n) is 7.05. The molecule has 0 radical (unpaired) electrons. The van der Waals surface area contributed by atoms with E-state index in [4.69, 9.17) is 15.9 Å². The van der Waals surface area contributed by atoms with Crippen molar-refractivity contribution < 1.29 is 9.21 Å². The van der Waals surface area contributed by atoms with Gasteiger partial charge < -0.3 is 20.8 Å². The summed E-state index contributed by atoms with van der Waals surface area (Å²) in [5.41, 5.74) is 12.7. The van der Waals surface area contributed by atoms with Gasteiger partial charge in [0.05, 0.1) is 12.1 Å². The maximum absolute atomic E-state index is 12.6. The van der Waals surface area contributed by atoms with Crippen LogP contribution in [0.25, 0.3) is 0 Å². The van der Waals surface area contributed by atoms with Gasteiger partial charge in [-0.25, -0.2) is 0 Å². The Balaban J connectivity index is 2.12. The molecule has 2 rings (SSSR count). The molecule has 5 nitrogen and oxygen atoms in total. The van der Waals surface area contributed by atoms with Crippen molar-refractivity contribution in [2.75, 3.05) is 13.1 Å². The molecule has 1 heterocycles. The Morgan fingerprint density at radius 3 is 2.57 bits per heavy atom. The van der Waals surface area contributed by atoms with Gasteiger partial charge in [-0.3, -0.25) is 4.79 Å². The molecular formula is C16H21N3O2. The lowest BCUT2D eigenvalue weighted by Gasteiger charge is -2.22. The fourth-order valence-corrected chi connectivity index (χ4v) is 2.12. The average Bonchev–Trinajstić information content (AvgIpc) is 3.00. The summed E-state index contributed by atoms with van der Waals surface area (Å²) in [6.07, 6.45) is 2.23. The van der Waals surface area contributed by atoms with E-state index in [-0.39, 0.29) is 12.5 Å². The molecule has 5 heteroatoms. The molecular weight excluding hydrogens is 266 g/mol. The summed E-state index contributed by atoms with van der Waals surface area (Å²) in [4.78, 5) is 14.4. The van der Waals surface area contributed by atoms with Crippen LogP contribution in [0.5, 0.6) is 0 Å². The molecule has 0 aliphatic heterocycles. The van der Waals surface area contributed by atoms with Crippen LogP contribution in [0.15, 0.2) is 47.1 Å². The second-order valence-electron chi connectivity index (χ2n) is 4.86. The second kappa shape index (κ2) is 7.61. The Morgan fingerprint density at radius 1 is 1.19 bits per heavy atom. The second-order valence-corrected chi connectivity index (χ2v) is 4.86. The highest BCUT2D eigenvalue weighted by molar-refractivity contribution is 5.94. The minimum atomic E-state index is -0.0595. The third-order valence-electron chi connectivity index (χ3n) is 3.24. The number of amides is 1. The molecule has 4 N–H and O–H groups in total. The Labute approximate surface area is 124 Å². The Morgan fingerprint density at radius 2 is 1.95 bits per heavy atom. The van der Waals surface area contributed by atoms with E-state index in [1.165, 1.54) is 6.26 Å². The monoisotopic (exact) mass is 287 g/mol. The highest BCUT2D eigenvalue weighted by Gasteiger charge is 2.18. The molecule has 0 aliphatic rings. The van der Waals surface area contributed by atoms with E-state index < -0.39 is 0 Å². The minimum Gasteiger partial charge on any atom is -0.467 e. The molecule has 0 bridgehead atoms. The van der Waals surface area contributed by atoms with Crippen molar-refractivity contribution in [3.8, 4) is 0 Å². The SMILES string of the molecule is NCCCN(Cc1ccccc1)C(=O)c1coc(CN)c1. The molecule has 0 aliphatic carbocycles. The summed E-state index contributed by atoms with van der Waals surface area (Å²) >= 11 is 0. The zero-order chi connectivity index (χ0) is 15.1. The van der Waals surface area contributed by atoms with Crippen LogP contribution in [-0.2, 0) is 13.1 Å².